The summed E-state index contributed by atoms with van der Waals surface area (Å²) < 4.78 is 0. The molecule has 3 heteroatoms. The van der Waals surface area contributed by atoms with E-state index in [0.29, 0.717) is 12.0 Å². The fourth-order valence-electron chi connectivity index (χ4n) is 3.97. The number of hydrogen-bond acceptors (Lipinski definition) is 3. The summed E-state index contributed by atoms with van der Waals surface area (Å²) in [5, 5.41) is 3.70. The maximum atomic E-state index is 4.95. The summed E-state index contributed by atoms with van der Waals surface area (Å²) in [5.41, 5.74) is 5.79. The van der Waals surface area contributed by atoms with Crippen molar-refractivity contribution in [2.24, 2.45) is 0 Å². The van der Waals surface area contributed by atoms with E-state index in [1.165, 1.54) is 24.0 Å². The molecule has 1 fully saturated rings. The Morgan fingerprint density at radius 3 is 2.50 bits per heavy atom. The van der Waals surface area contributed by atoms with Gasteiger partial charge in [-0.05, 0) is 56.5 Å². The third kappa shape index (κ3) is 3.99. The smallest absolute Gasteiger partial charge is 0.0938 e. The molecule has 138 valence electrons. The zero-order valence-electron chi connectivity index (χ0n) is 16.5. The van der Waals surface area contributed by atoms with Gasteiger partial charge in [0.1, 0.15) is 0 Å². The summed E-state index contributed by atoms with van der Waals surface area (Å²) in [7, 11) is 2.18. The first-order chi connectivity index (χ1) is 12.5. The van der Waals surface area contributed by atoms with Crippen molar-refractivity contribution in [3.05, 3.63) is 77.3 Å². The Labute approximate surface area is 158 Å². The second-order valence-electron chi connectivity index (χ2n) is 7.72. The Hall–Kier alpha value is -2.13. The summed E-state index contributed by atoms with van der Waals surface area (Å²) in [6.45, 7) is 12.1. The van der Waals surface area contributed by atoms with E-state index < -0.39 is 0 Å². The molecule has 0 bridgehead atoms. The lowest BCUT2D eigenvalue weighted by Crippen LogP contribution is -2.35. The van der Waals surface area contributed by atoms with Crippen molar-refractivity contribution in [2.75, 3.05) is 13.6 Å². The molecule has 0 radical (unpaired) electrons. The molecule has 2 atom stereocenters. The Morgan fingerprint density at radius 1 is 1.19 bits per heavy atom. The number of nitrogens with zero attached hydrogens (tertiary/aromatic N) is 2. The predicted octanol–water partition coefficient (Wildman–Crippen LogP) is 4.80. The second kappa shape index (κ2) is 8.05. The van der Waals surface area contributed by atoms with Crippen LogP contribution in [0.15, 0.2) is 54.7 Å². The first kappa shape index (κ1) is 18.7. The van der Waals surface area contributed by atoms with E-state index in [0.717, 1.165) is 23.6 Å². The molecule has 1 aliphatic heterocycles. The molecule has 2 unspecified atom stereocenters. The van der Waals surface area contributed by atoms with Crippen molar-refractivity contribution in [2.45, 2.75) is 51.6 Å². The molecular formula is C23H31N3. The van der Waals surface area contributed by atoms with Gasteiger partial charge in [-0.15, -0.1) is 0 Å². The topological polar surface area (TPSA) is 28.2 Å². The molecule has 0 amide bonds. The van der Waals surface area contributed by atoms with Gasteiger partial charge in [0.15, 0.2) is 0 Å². The van der Waals surface area contributed by atoms with Gasteiger partial charge in [-0.1, -0.05) is 56.8 Å². The molecule has 3 nitrogen and oxygen atoms in total. The van der Waals surface area contributed by atoms with Crippen molar-refractivity contribution >= 4 is 0 Å². The first-order valence-corrected chi connectivity index (χ1v) is 9.65. The number of benzene rings is 1. The lowest BCUT2D eigenvalue weighted by molar-refractivity contribution is 0.330. The Bertz CT molecular complexity index is 751. The Balaban J connectivity index is 1.91. The van der Waals surface area contributed by atoms with Crippen LogP contribution in [0.4, 0.5) is 0 Å². The van der Waals surface area contributed by atoms with E-state index in [1.54, 1.807) is 0 Å². The van der Waals surface area contributed by atoms with Gasteiger partial charge in [0.05, 0.1) is 11.7 Å². The maximum absolute atomic E-state index is 4.95. The maximum Gasteiger partial charge on any atom is 0.0938 e. The molecule has 1 aromatic heterocycles. The predicted molar refractivity (Wildman–Crippen MR) is 109 cm³/mol. The highest BCUT2D eigenvalue weighted by molar-refractivity contribution is 5.33. The quantitative estimate of drug-likeness (QED) is 0.812. The SMILES string of the molecule is C=C(NC(c1ccccc1)c1ccc(C(C)C)c(C)n1)C1CCCN1C. The molecular weight excluding hydrogens is 318 g/mol. The van der Waals surface area contributed by atoms with Gasteiger partial charge in [0, 0.05) is 17.4 Å². The van der Waals surface area contributed by atoms with Crippen molar-refractivity contribution in [3.63, 3.8) is 0 Å². The Morgan fingerprint density at radius 2 is 1.92 bits per heavy atom. The summed E-state index contributed by atoms with van der Waals surface area (Å²) in [4.78, 5) is 7.34. The molecule has 1 N–H and O–H groups in total. The van der Waals surface area contributed by atoms with Crippen LogP contribution in [0, 0.1) is 6.92 Å². The van der Waals surface area contributed by atoms with E-state index in [1.807, 2.05) is 0 Å². The van der Waals surface area contributed by atoms with Gasteiger partial charge >= 0.3 is 0 Å². The summed E-state index contributed by atoms with van der Waals surface area (Å²) in [6.07, 6.45) is 2.40. The summed E-state index contributed by atoms with van der Waals surface area (Å²) >= 11 is 0. The first-order valence-electron chi connectivity index (χ1n) is 9.65. The molecule has 0 aliphatic carbocycles. The number of nitrogens with one attached hydrogen (secondary N) is 1. The van der Waals surface area contributed by atoms with Gasteiger partial charge in [-0.3, -0.25) is 9.88 Å². The van der Waals surface area contributed by atoms with E-state index in [2.05, 4.69) is 87.1 Å². The number of aromatic nitrogens is 1. The minimum atomic E-state index is 0.0256. The zero-order chi connectivity index (χ0) is 18.7. The van der Waals surface area contributed by atoms with E-state index in [-0.39, 0.29) is 6.04 Å². The highest BCUT2D eigenvalue weighted by Gasteiger charge is 2.26. The van der Waals surface area contributed by atoms with E-state index in [9.17, 15) is 0 Å². The van der Waals surface area contributed by atoms with Crippen molar-refractivity contribution in [3.8, 4) is 0 Å². The monoisotopic (exact) mass is 349 g/mol. The number of hydrogen-bond donors (Lipinski definition) is 1. The molecule has 2 aromatic rings. The Kier molecular flexibility index (Phi) is 5.77. The van der Waals surface area contributed by atoms with Crippen LogP contribution in [-0.2, 0) is 0 Å². The van der Waals surface area contributed by atoms with Gasteiger partial charge in [0.25, 0.3) is 0 Å². The minimum absolute atomic E-state index is 0.0256. The number of rotatable bonds is 6. The lowest BCUT2D eigenvalue weighted by atomic mass is 9.97. The molecule has 1 aliphatic rings. The number of likely N-dealkylation sites (tertiary alicyclic amines) is 1. The number of aryl methyl sites for hydroxylation is 1. The van der Waals surface area contributed by atoms with E-state index in [4.69, 9.17) is 4.98 Å². The van der Waals surface area contributed by atoms with Crippen LogP contribution in [-0.4, -0.2) is 29.5 Å². The van der Waals surface area contributed by atoms with Crippen LogP contribution >= 0.6 is 0 Å². The van der Waals surface area contributed by atoms with E-state index >= 15 is 0 Å². The van der Waals surface area contributed by atoms with Crippen molar-refractivity contribution in [1.82, 2.24) is 15.2 Å². The molecule has 0 saturated carbocycles. The highest BCUT2D eigenvalue weighted by atomic mass is 15.2. The van der Waals surface area contributed by atoms with Crippen LogP contribution in [0.2, 0.25) is 0 Å². The average molecular weight is 350 g/mol. The highest BCUT2D eigenvalue weighted by Crippen LogP contribution is 2.27. The van der Waals surface area contributed by atoms with Crippen LogP contribution in [0.25, 0.3) is 0 Å². The second-order valence-corrected chi connectivity index (χ2v) is 7.72. The third-order valence-electron chi connectivity index (χ3n) is 5.45. The van der Waals surface area contributed by atoms with Crippen molar-refractivity contribution < 1.29 is 0 Å². The molecule has 26 heavy (non-hydrogen) atoms. The van der Waals surface area contributed by atoms with Crippen molar-refractivity contribution in [1.29, 1.82) is 0 Å². The number of pyridine rings is 1. The molecule has 1 saturated heterocycles. The van der Waals surface area contributed by atoms with Crippen LogP contribution < -0.4 is 5.32 Å². The van der Waals surface area contributed by atoms with Crippen LogP contribution in [0.1, 0.15) is 61.2 Å². The zero-order valence-corrected chi connectivity index (χ0v) is 16.5. The van der Waals surface area contributed by atoms with Crippen LogP contribution in [0.5, 0.6) is 0 Å². The third-order valence-corrected chi connectivity index (χ3v) is 5.45. The summed E-state index contributed by atoms with van der Waals surface area (Å²) in [5.74, 6) is 0.488. The van der Waals surface area contributed by atoms with Gasteiger partial charge in [-0.2, -0.15) is 0 Å². The van der Waals surface area contributed by atoms with Gasteiger partial charge in [0.2, 0.25) is 0 Å². The minimum Gasteiger partial charge on any atom is -0.375 e. The number of likely N-dealkylation sites (N-methyl/N-ethyl adjacent to an activating group) is 1. The molecule has 0 spiro atoms. The molecule has 2 heterocycles. The summed E-state index contributed by atoms with van der Waals surface area (Å²) in [6, 6.07) is 15.4. The van der Waals surface area contributed by atoms with Crippen LogP contribution in [0.3, 0.4) is 0 Å². The largest absolute Gasteiger partial charge is 0.375 e. The fraction of sp³-hybridized carbons (Fsp3) is 0.435. The normalized spacial score (nSPS) is 18.9. The fourth-order valence-corrected chi connectivity index (χ4v) is 3.97. The standard InChI is InChI=1S/C23H31N3/c1-16(2)20-13-14-21(24-17(20)3)23(19-10-7-6-8-11-19)25-18(4)22-12-9-15-26(22)5/h6-8,10-11,13-14,16,22-23,25H,4,9,12,15H2,1-3,5H3. The molecule has 1 aromatic carbocycles. The molecule has 3 rings (SSSR count). The van der Waals surface area contributed by atoms with Gasteiger partial charge < -0.3 is 5.32 Å². The average Bonchev–Trinajstić information content (AvgIpc) is 3.06. The lowest BCUT2D eigenvalue weighted by Gasteiger charge is -2.28. The van der Waals surface area contributed by atoms with Gasteiger partial charge in [-0.25, -0.2) is 0 Å².